The highest BCUT2D eigenvalue weighted by atomic mass is 16.3. The molecule has 4 N–H and O–H groups in total. The highest BCUT2D eigenvalue weighted by Crippen LogP contribution is 2.36. The van der Waals surface area contributed by atoms with E-state index in [0.29, 0.717) is 22.4 Å². The van der Waals surface area contributed by atoms with Crippen LogP contribution in [0.2, 0.25) is 0 Å². The van der Waals surface area contributed by atoms with Gasteiger partial charge in [-0.15, -0.1) is 0 Å². The third kappa shape index (κ3) is 4.21. The molecule has 0 saturated carbocycles. The van der Waals surface area contributed by atoms with Crippen LogP contribution in [0, 0.1) is 6.92 Å². The van der Waals surface area contributed by atoms with Crippen molar-refractivity contribution in [2.75, 3.05) is 24.3 Å². The van der Waals surface area contributed by atoms with Crippen molar-refractivity contribution in [3.8, 4) is 16.9 Å². The zero-order valence-electron chi connectivity index (χ0n) is 16.6. The zero-order valence-corrected chi connectivity index (χ0v) is 16.6. The number of hydrogen-bond acceptors (Lipinski definition) is 4. The van der Waals surface area contributed by atoms with Crippen LogP contribution in [0.25, 0.3) is 11.1 Å². The Morgan fingerprint density at radius 2 is 1.69 bits per heavy atom. The molecule has 2 amide bonds. The van der Waals surface area contributed by atoms with E-state index in [1.165, 1.54) is 24.3 Å². The SMILES string of the molecule is Cc1ccc(C(N)=O)c(-c2cccc(N(C)C)c2)c1NC(=O)c1ccc(O)cc1. The smallest absolute Gasteiger partial charge is 0.255 e. The van der Waals surface area contributed by atoms with Crippen LogP contribution in [0.5, 0.6) is 5.75 Å². The zero-order chi connectivity index (χ0) is 21.1. The molecule has 0 spiro atoms. The molecule has 0 atom stereocenters. The predicted octanol–water partition coefficient (Wildman–Crippen LogP) is 3.78. The Labute approximate surface area is 169 Å². The number of nitrogens with zero attached hydrogens (tertiary/aromatic N) is 1. The van der Waals surface area contributed by atoms with Crippen LogP contribution in [0.4, 0.5) is 11.4 Å². The van der Waals surface area contributed by atoms with Crippen molar-refractivity contribution in [1.82, 2.24) is 0 Å². The van der Waals surface area contributed by atoms with Crippen LogP contribution in [-0.4, -0.2) is 31.0 Å². The number of aromatic hydroxyl groups is 1. The average molecular weight is 389 g/mol. The highest BCUT2D eigenvalue weighted by Gasteiger charge is 2.19. The van der Waals surface area contributed by atoms with Gasteiger partial charge in [0.2, 0.25) is 5.91 Å². The van der Waals surface area contributed by atoms with Crippen LogP contribution >= 0.6 is 0 Å². The molecule has 0 aromatic heterocycles. The van der Waals surface area contributed by atoms with Crippen LogP contribution in [0.1, 0.15) is 26.3 Å². The van der Waals surface area contributed by atoms with Gasteiger partial charge in [-0.2, -0.15) is 0 Å². The molecule has 0 aliphatic rings. The van der Waals surface area contributed by atoms with E-state index in [1.54, 1.807) is 12.1 Å². The number of amides is 2. The highest BCUT2D eigenvalue weighted by molar-refractivity contribution is 6.10. The van der Waals surface area contributed by atoms with E-state index < -0.39 is 5.91 Å². The lowest BCUT2D eigenvalue weighted by molar-refractivity contribution is 0.0996. The third-order valence-corrected chi connectivity index (χ3v) is 4.70. The first kappa shape index (κ1) is 19.9. The number of nitrogens with two attached hydrogens (primary N) is 1. The van der Waals surface area contributed by atoms with Crippen molar-refractivity contribution in [1.29, 1.82) is 0 Å². The summed E-state index contributed by atoms with van der Waals surface area (Å²) in [5.41, 5.74) is 9.98. The fraction of sp³-hybridized carbons (Fsp3) is 0.130. The van der Waals surface area contributed by atoms with Gasteiger partial charge in [0.15, 0.2) is 0 Å². The Hall–Kier alpha value is -3.80. The first-order valence-corrected chi connectivity index (χ1v) is 9.09. The van der Waals surface area contributed by atoms with Gasteiger partial charge in [-0.25, -0.2) is 0 Å². The number of rotatable bonds is 5. The molecule has 3 aromatic carbocycles. The van der Waals surface area contributed by atoms with E-state index in [2.05, 4.69) is 5.32 Å². The molecule has 148 valence electrons. The van der Waals surface area contributed by atoms with Gasteiger partial charge in [0, 0.05) is 36.5 Å². The van der Waals surface area contributed by atoms with Crippen molar-refractivity contribution in [3.63, 3.8) is 0 Å². The number of aryl methyl sites for hydroxylation is 1. The van der Waals surface area contributed by atoms with Crippen molar-refractivity contribution in [2.45, 2.75) is 6.92 Å². The number of primary amides is 1. The van der Waals surface area contributed by atoms with E-state index in [4.69, 9.17) is 5.73 Å². The van der Waals surface area contributed by atoms with E-state index in [-0.39, 0.29) is 11.7 Å². The molecule has 0 bridgehead atoms. The summed E-state index contributed by atoms with van der Waals surface area (Å²) in [5, 5.41) is 12.4. The van der Waals surface area contributed by atoms with E-state index in [0.717, 1.165) is 16.8 Å². The normalized spacial score (nSPS) is 10.4. The van der Waals surface area contributed by atoms with Crippen LogP contribution in [0.15, 0.2) is 60.7 Å². The maximum Gasteiger partial charge on any atom is 0.255 e. The van der Waals surface area contributed by atoms with Gasteiger partial charge < -0.3 is 21.1 Å². The molecule has 6 heteroatoms. The minimum absolute atomic E-state index is 0.0784. The Kier molecular flexibility index (Phi) is 5.54. The van der Waals surface area contributed by atoms with E-state index >= 15 is 0 Å². The second-order valence-electron chi connectivity index (χ2n) is 6.99. The van der Waals surface area contributed by atoms with Gasteiger partial charge in [0.1, 0.15) is 5.75 Å². The monoisotopic (exact) mass is 389 g/mol. The molecule has 0 radical (unpaired) electrons. The van der Waals surface area contributed by atoms with Crippen LogP contribution in [0.3, 0.4) is 0 Å². The van der Waals surface area contributed by atoms with Gasteiger partial charge in [0.05, 0.1) is 5.69 Å². The summed E-state index contributed by atoms with van der Waals surface area (Å²) in [6.45, 7) is 1.86. The van der Waals surface area contributed by atoms with Gasteiger partial charge in [-0.3, -0.25) is 9.59 Å². The molecule has 0 unspecified atom stereocenters. The molecule has 0 aliphatic heterocycles. The Morgan fingerprint density at radius 1 is 1.00 bits per heavy atom. The number of nitrogens with one attached hydrogen (secondary N) is 1. The topological polar surface area (TPSA) is 95.7 Å². The Bertz CT molecular complexity index is 1070. The standard InChI is InChI=1S/C23H23N3O3/c1-14-7-12-19(22(24)28)20(16-5-4-6-17(13-16)26(2)3)21(14)25-23(29)15-8-10-18(27)11-9-15/h4-13,27H,1-3H3,(H2,24,28)(H,25,29). The summed E-state index contributed by atoms with van der Waals surface area (Å²) in [5.74, 6) is -0.843. The Morgan fingerprint density at radius 3 is 2.31 bits per heavy atom. The molecule has 3 aromatic rings. The number of hydrogen-bond donors (Lipinski definition) is 3. The lowest BCUT2D eigenvalue weighted by Crippen LogP contribution is -2.18. The summed E-state index contributed by atoms with van der Waals surface area (Å²) < 4.78 is 0. The fourth-order valence-electron chi connectivity index (χ4n) is 3.11. The summed E-state index contributed by atoms with van der Waals surface area (Å²) in [4.78, 5) is 26.9. The maximum atomic E-state index is 12.8. The van der Waals surface area contributed by atoms with E-state index in [9.17, 15) is 14.7 Å². The fourth-order valence-corrected chi connectivity index (χ4v) is 3.11. The molecular formula is C23H23N3O3. The lowest BCUT2D eigenvalue weighted by Gasteiger charge is -2.19. The third-order valence-electron chi connectivity index (χ3n) is 4.70. The lowest BCUT2D eigenvalue weighted by atomic mass is 9.93. The van der Waals surface area contributed by atoms with Gasteiger partial charge in [-0.1, -0.05) is 18.2 Å². The quantitative estimate of drug-likeness (QED) is 0.619. The largest absolute Gasteiger partial charge is 0.508 e. The van der Waals surface area contributed by atoms with Gasteiger partial charge in [-0.05, 0) is 60.5 Å². The van der Waals surface area contributed by atoms with Crippen molar-refractivity contribution < 1.29 is 14.7 Å². The first-order chi connectivity index (χ1) is 13.8. The summed E-state index contributed by atoms with van der Waals surface area (Å²) in [7, 11) is 3.86. The van der Waals surface area contributed by atoms with E-state index in [1.807, 2.05) is 50.2 Å². The van der Waals surface area contributed by atoms with Crippen LogP contribution in [-0.2, 0) is 0 Å². The number of carbonyl (C=O) groups excluding carboxylic acids is 2. The summed E-state index contributed by atoms with van der Waals surface area (Å²) in [6, 6.07) is 17.1. The summed E-state index contributed by atoms with van der Waals surface area (Å²) >= 11 is 0. The van der Waals surface area contributed by atoms with Crippen molar-refractivity contribution >= 4 is 23.2 Å². The molecule has 0 fully saturated rings. The minimum Gasteiger partial charge on any atom is -0.508 e. The average Bonchev–Trinajstić information content (AvgIpc) is 2.69. The molecular weight excluding hydrogens is 366 g/mol. The summed E-state index contributed by atoms with van der Waals surface area (Å²) in [6.07, 6.45) is 0. The molecule has 0 saturated heterocycles. The Balaban J connectivity index is 2.15. The van der Waals surface area contributed by atoms with Gasteiger partial charge in [0.25, 0.3) is 5.91 Å². The second-order valence-corrected chi connectivity index (χ2v) is 6.99. The number of phenolic OH excluding ortho intramolecular Hbond substituents is 1. The number of phenols is 1. The molecule has 0 heterocycles. The maximum absolute atomic E-state index is 12.8. The number of benzene rings is 3. The second kappa shape index (κ2) is 8.06. The molecule has 29 heavy (non-hydrogen) atoms. The van der Waals surface area contributed by atoms with Crippen molar-refractivity contribution in [2.24, 2.45) is 5.73 Å². The first-order valence-electron chi connectivity index (χ1n) is 9.09. The minimum atomic E-state index is -0.574. The van der Waals surface area contributed by atoms with Gasteiger partial charge >= 0.3 is 0 Å². The molecule has 0 aliphatic carbocycles. The van der Waals surface area contributed by atoms with Crippen LogP contribution < -0.4 is 16.0 Å². The molecule has 6 nitrogen and oxygen atoms in total. The number of anilines is 2. The number of carbonyl (C=O) groups is 2. The predicted molar refractivity (Wildman–Crippen MR) is 116 cm³/mol. The molecule has 3 rings (SSSR count). The van der Waals surface area contributed by atoms with Crippen molar-refractivity contribution in [3.05, 3.63) is 77.4 Å².